The van der Waals surface area contributed by atoms with Gasteiger partial charge < -0.3 is 30.2 Å². The van der Waals surface area contributed by atoms with Crippen molar-refractivity contribution in [2.75, 3.05) is 51.8 Å². The lowest BCUT2D eigenvalue weighted by atomic mass is 9.91. The molecule has 0 radical (unpaired) electrons. The van der Waals surface area contributed by atoms with Gasteiger partial charge in [0.25, 0.3) is 21.9 Å². The van der Waals surface area contributed by atoms with Crippen LogP contribution >= 0.6 is 0 Å². The largest absolute Gasteiger partial charge is 0.444 e. The molecule has 1 aliphatic rings. The Bertz CT molecular complexity index is 1240. The average molecular weight is 691 g/mol. The molecule has 266 valence electrons. The summed E-state index contributed by atoms with van der Waals surface area (Å²) in [6, 6.07) is -1.61. The van der Waals surface area contributed by atoms with Crippen LogP contribution in [-0.4, -0.2) is 123 Å². The molecule has 1 aliphatic heterocycles. The minimum absolute atomic E-state index is 0.00773. The number of ketones is 2. The summed E-state index contributed by atoms with van der Waals surface area (Å²) < 4.78 is 47.7. The minimum atomic E-state index is -4.64. The number of hydrogen-bond donors (Lipinski definition) is 4. The van der Waals surface area contributed by atoms with Gasteiger partial charge in [0.1, 0.15) is 29.8 Å². The lowest BCUT2D eigenvalue weighted by Crippen LogP contribution is -2.47. The number of carbonyl (C=O) groups excluding carboxylic acids is 7. The van der Waals surface area contributed by atoms with Crippen LogP contribution in [0.2, 0.25) is 0 Å². The lowest BCUT2D eigenvalue weighted by Gasteiger charge is -2.23. The first kappa shape index (κ1) is 41.3. The Hall–Kier alpha value is -3.74. The highest BCUT2D eigenvalue weighted by molar-refractivity contribution is 7.85. The number of nitrogens with one attached hydrogen (secondary N) is 3. The molecule has 47 heavy (non-hydrogen) atoms. The third kappa shape index (κ3) is 19.5. The summed E-state index contributed by atoms with van der Waals surface area (Å²) in [5, 5.41) is 7.42. The molecule has 0 bridgehead atoms. The van der Waals surface area contributed by atoms with Gasteiger partial charge in [0.15, 0.2) is 5.78 Å². The number of imide groups is 1. The van der Waals surface area contributed by atoms with E-state index in [2.05, 4.69) is 16.0 Å². The van der Waals surface area contributed by atoms with Crippen molar-refractivity contribution in [1.82, 2.24) is 20.9 Å². The molecule has 0 aromatic carbocycles. The highest BCUT2D eigenvalue weighted by Gasteiger charge is 2.31. The first-order valence-electron chi connectivity index (χ1n) is 15.1. The average Bonchev–Trinajstić information content (AvgIpc) is 3.26. The number of unbranched alkanes of at least 4 members (excludes halogenated alkanes) is 1. The van der Waals surface area contributed by atoms with Crippen molar-refractivity contribution in [3.8, 4) is 0 Å². The van der Waals surface area contributed by atoms with Crippen LogP contribution in [0.4, 0.5) is 4.79 Å². The highest BCUT2D eigenvalue weighted by Crippen LogP contribution is 2.17. The number of ether oxygens (including phenoxy) is 3. The van der Waals surface area contributed by atoms with Gasteiger partial charge in [0, 0.05) is 50.5 Å². The van der Waals surface area contributed by atoms with E-state index in [1.807, 2.05) is 0 Å². The first-order chi connectivity index (χ1) is 21.9. The lowest BCUT2D eigenvalue weighted by molar-refractivity contribution is -0.137. The van der Waals surface area contributed by atoms with E-state index in [-0.39, 0.29) is 82.9 Å². The molecule has 1 unspecified atom stereocenters. The maximum Gasteiger partial charge on any atom is 0.408 e. The van der Waals surface area contributed by atoms with Crippen LogP contribution in [0.3, 0.4) is 0 Å². The van der Waals surface area contributed by atoms with Crippen LogP contribution in [0.15, 0.2) is 12.2 Å². The van der Waals surface area contributed by atoms with E-state index in [0.29, 0.717) is 12.8 Å². The summed E-state index contributed by atoms with van der Waals surface area (Å²) in [7, 11) is -4.64. The fourth-order valence-corrected chi connectivity index (χ4v) is 4.80. The number of nitrogens with zero attached hydrogens (tertiary/aromatic N) is 1. The Labute approximate surface area is 274 Å². The second-order valence-electron chi connectivity index (χ2n) is 11.7. The molecule has 5 amide bonds. The zero-order valence-corrected chi connectivity index (χ0v) is 28.0. The molecule has 17 nitrogen and oxygen atoms in total. The molecule has 0 aromatic heterocycles. The molecule has 1 heterocycles. The Morgan fingerprint density at radius 3 is 2.13 bits per heavy atom. The second kappa shape index (κ2) is 20.5. The van der Waals surface area contributed by atoms with E-state index < -0.39 is 57.1 Å². The number of amides is 5. The molecular formula is C29H46N4O13S. The Morgan fingerprint density at radius 1 is 0.915 bits per heavy atom. The van der Waals surface area contributed by atoms with Crippen LogP contribution in [0, 0.1) is 5.92 Å². The van der Waals surface area contributed by atoms with Crippen molar-refractivity contribution in [2.45, 2.75) is 71.4 Å². The van der Waals surface area contributed by atoms with Crippen molar-refractivity contribution < 1.29 is 60.7 Å². The number of Topliss-reactive ketones (excluding diaryl/α,β-unsaturated/α-hetero) is 2. The van der Waals surface area contributed by atoms with Gasteiger partial charge >= 0.3 is 6.09 Å². The third-order valence-corrected chi connectivity index (χ3v) is 7.17. The summed E-state index contributed by atoms with van der Waals surface area (Å²) in [5.41, 5.74) is -0.918. The molecule has 0 saturated carbocycles. The SMILES string of the molecule is CC(=O)[C@H](CCCCNC(=O)COCCOCCNC(=O)CCN1C(=O)C=CC1=O)CC(=O)C(CS(=O)(=O)O)NC(=O)OC(C)(C)C. The summed E-state index contributed by atoms with van der Waals surface area (Å²) in [6.45, 7) is 6.79. The zero-order chi connectivity index (χ0) is 35.6. The maximum atomic E-state index is 12.8. The zero-order valence-electron chi connectivity index (χ0n) is 27.2. The first-order valence-corrected chi connectivity index (χ1v) is 16.7. The number of carbonyl (C=O) groups is 7. The molecule has 0 aromatic rings. The summed E-state index contributed by atoms with van der Waals surface area (Å²) in [5.74, 6) is -4.50. The molecule has 2 atom stereocenters. The third-order valence-electron chi connectivity index (χ3n) is 6.42. The van der Waals surface area contributed by atoms with Crippen LogP contribution in [0.25, 0.3) is 0 Å². The molecular weight excluding hydrogens is 644 g/mol. The fraction of sp³-hybridized carbons (Fsp3) is 0.690. The Balaban J connectivity index is 2.22. The molecule has 0 fully saturated rings. The number of hydrogen-bond acceptors (Lipinski definition) is 12. The molecule has 0 saturated heterocycles. The van der Waals surface area contributed by atoms with Gasteiger partial charge in [0.2, 0.25) is 11.8 Å². The van der Waals surface area contributed by atoms with E-state index >= 15 is 0 Å². The van der Waals surface area contributed by atoms with E-state index in [1.165, 1.54) is 6.92 Å². The van der Waals surface area contributed by atoms with E-state index in [4.69, 9.17) is 14.2 Å². The highest BCUT2D eigenvalue weighted by atomic mass is 32.2. The van der Waals surface area contributed by atoms with Crippen molar-refractivity contribution in [1.29, 1.82) is 0 Å². The van der Waals surface area contributed by atoms with Gasteiger partial charge in [-0.2, -0.15) is 8.42 Å². The second-order valence-corrected chi connectivity index (χ2v) is 13.2. The predicted octanol–water partition coefficient (Wildman–Crippen LogP) is -0.317. The number of rotatable bonds is 23. The van der Waals surface area contributed by atoms with Crippen molar-refractivity contribution >= 4 is 51.4 Å². The summed E-state index contributed by atoms with van der Waals surface area (Å²) >= 11 is 0. The van der Waals surface area contributed by atoms with Crippen LogP contribution in [0.5, 0.6) is 0 Å². The van der Waals surface area contributed by atoms with Crippen molar-refractivity contribution in [3.05, 3.63) is 12.2 Å². The Morgan fingerprint density at radius 2 is 1.53 bits per heavy atom. The van der Waals surface area contributed by atoms with Gasteiger partial charge in [-0.15, -0.1) is 0 Å². The molecule has 18 heteroatoms. The standard InChI is InChI=1S/C29H46N4O13S/c1-20(34)21(17-23(35)22(19-47(41,42)43)32-28(40)46-29(2,3)4)7-5-6-11-30-25(37)18-45-16-15-44-14-12-31-24(36)10-13-33-26(38)8-9-27(33)39/h8-9,21-22H,5-7,10-19H2,1-4H3,(H,30,37)(H,31,36)(H,32,40)(H,41,42,43)/t21-,22?/m1/s1. The van der Waals surface area contributed by atoms with Gasteiger partial charge in [0.05, 0.1) is 19.8 Å². The number of alkyl carbamates (subject to hydrolysis) is 1. The minimum Gasteiger partial charge on any atom is -0.444 e. The molecule has 0 aliphatic carbocycles. The quantitative estimate of drug-likeness (QED) is 0.0612. The van der Waals surface area contributed by atoms with Crippen molar-refractivity contribution in [2.24, 2.45) is 5.92 Å². The molecule has 1 rings (SSSR count). The van der Waals surface area contributed by atoms with E-state index in [9.17, 15) is 46.5 Å². The monoisotopic (exact) mass is 690 g/mol. The predicted molar refractivity (Wildman–Crippen MR) is 165 cm³/mol. The summed E-state index contributed by atoms with van der Waals surface area (Å²) in [6.07, 6.45) is 2.07. The normalized spacial score (nSPS) is 14.4. The molecule has 0 spiro atoms. The van der Waals surface area contributed by atoms with Crippen molar-refractivity contribution in [3.63, 3.8) is 0 Å². The summed E-state index contributed by atoms with van der Waals surface area (Å²) in [4.78, 5) is 84.7. The topological polar surface area (TPSA) is 241 Å². The van der Waals surface area contributed by atoms with Crippen LogP contribution < -0.4 is 16.0 Å². The van der Waals surface area contributed by atoms with Gasteiger partial charge in [-0.05, 0) is 40.5 Å². The molecule has 4 N–H and O–H groups in total. The van der Waals surface area contributed by atoms with Gasteiger partial charge in [-0.1, -0.05) is 6.42 Å². The van der Waals surface area contributed by atoms with Gasteiger partial charge in [-0.25, -0.2) is 4.79 Å². The van der Waals surface area contributed by atoms with E-state index in [0.717, 1.165) is 17.1 Å². The van der Waals surface area contributed by atoms with Gasteiger partial charge in [-0.3, -0.25) is 38.2 Å². The fourth-order valence-electron chi connectivity index (χ4n) is 4.10. The van der Waals surface area contributed by atoms with E-state index in [1.54, 1.807) is 20.8 Å². The Kier molecular flexibility index (Phi) is 18.0. The smallest absolute Gasteiger partial charge is 0.408 e. The van der Waals surface area contributed by atoms with Crippen LogP contribution in [0.1, 0.15) is 59.8 Å². The maximum absolute atomic E-state index is 12.8. The van der Waals surface area contributed by atoms with Crippen LogP contribution in [-0.2, 0) is 53.1 Å².